The van der Waals surface area contributed by atoms with E-state index in [1.165, 1.54) is 16.9 Å². The molecule has 1 amide bonds. The summed E-state index contributed by atoms with van der Waals surface area (Å²) < 4.78 is 1.90. The maximum absolute atomic E-state index is 12.1. The average Bonchev–Trinajstić information content (AvgIpc) is 3.22. The molecule has 0 fully saturated rings. The minimum absolute atomic E-state index is 0.109. The highest BCUT2D eigenvalue weighted by Crippen LogP contribution is 2.14. The zero-order valence-electron chi connectivity index (χ0n) is 12.1. The summed E-state index contributed by atoms with van der Waals surface area (Å²) in [5.74, 6) is -0.109. The Kier molecular flexibility index (Phi) is 4.65. The number of nitrogens with zero attached hydrogens (tertiary/aromatic N) is 2. The molecule has 3 rings (SSSR count). The third kappa shape index (κ3) is 3.62. The fraction of sp³-hybridized carbons (Fsp3) is 0.176. The molecule has 0 saturated carbocycles. The number of rotatable bonds is 6. The van der Waals surface area contributed by atoms with Crippen molar-refractivity contribution in [1.29, 1.82) is 0 Å². The summed E-state index contributed by atoms with van der Waals surface area (Å²) in [6.07, 6.45) is 5.72. The van der Waals surface area contributed by atoms with Crippen molar-refractivity contribution in [2.24, 2.45) is 0 Å². The molecule has 2 aromatic heterocycles. The first-order valence-corrected chi connectivity index (χ1v) is 8.12. The Balaban J connectivity index is 1.48. The summed E-state index contributed by atoms with van der Waals surface area (Å²) in [5, 5.41) is 5.52. The van der Waals surface area contributed by atoms with Gasteiger partial charge >= 0.3 is 0 Å². The summed E-state index contributed by atoms with van der Waals surface area (Å²) in [7, 11) is 0. The second-order valence-corrected chi connectivity index (χ2v) is 5.79. The topological polar surface area (TPSA) is 46.9 Å². The fourth-order valence-electron chi connectivity index (χ4n) is 2.18. The fourth-order valence-corrected chi connectivity index (χ4v) is 2.95. The number of hydrogen-bond acceptors (Lipinski definition) is 3. The number of aryl methyl sites for hydroxylation is 1. The summed E-state index contributed by atoms with van der Waals surface area (Å²) in [6.45, 7) is 0.657. The molecule has 0 atom stereocenters. The van der Waals surface area contributed by atoms with Gasteiger partial charge in [-0.1, -0.05) is 30.3 Å². The molecule has 4 nitrogen and oxygen atoms in total. The lowest BCUT2D eigenvalue weighted by atomic mass is 10.1. The Labute approximate surface area is 133 Å². The van der Waals surface area contributed by atoms with E-state index in [4.69, 9.17) is 0 Å². The summed E-state index contributed by atoms with van der Waals surface area (Å²) >= 11 is 1.46. The van der Waals surface area contributed by atoms with Crippen molar-refractivity contribution in [3.8, 4) is 5.13 Å². The van der Waals surface area contributed by atoms with Crippen LogP contribution in [-0.2, 0) is 6.42 Å². The zero-order valence-corrected chi connectivity index (χ0v) is 12.9. The molecule has 0 radical (unpaired) electrons. The van der Waals surface area contributed by atoms with Gasteiger partial charge in [0.25, 0.3) is 5.91 Å². The quantitative estimate of drug-likeness (QED) is 0.710. The van der Waals surface area contributed by atoms with Crippen LogP contribution in [-0.4, -0.2) is 22.0 Å². The van der Waals surface area contributed by atoms with E-state index >= 15 is 0 Å². The van der Waals surface area contributed by atoms with Crippen LogP contribution in [0.5, 0.6) is 0 Å². The Morgan fingerprint density at radius 2 is 1.91 bits per heavy atom. The molecule has 1 N–H and O–H groups in total. The number of carbonyl (C=O) groups excluding carboxylic acids is 1. The van der Waals surface area contributed by atoms with Crippen LogP contribution in [0.1, 0.15) is 22.5 Å². The van der Waals surface area contributed by atoms with Crippen LogP contribution in [0, 0.1) is 0 Å². The van der Waals surface area contributed by atoms with Gasteiger partial charge < -0.3 is 9.88 Å². The maximum atomic E-state index is 12.1. The van der Waals surface area contributed by atoms with Crippen molar-refractivity contribution in [3.05, 3.63) is 71.5 Å². The van der Waals surface area contributed by atoms with E-state index in [0.29, 0.717) is 12.2 Å². The average molecular weight is 311 g/mol. The first-order chi connectivity index (χ1) is 10.8. The van der Waals surface area contributed by atoms with Gasteiger partial charge in [0.05, 0.1) is 0 Å². The lowest BCUT2D eigenvalue weighted by Gasteiger charge is -2.03. The normalized spacial score (nSPS) is 10.5. The van der Waals surface area contributed by atoms with Crippen LogP contribution >= 0.6 is 11.3 Å². The van der Waals surface area contributed by atoms with Gasteiger partial charge in [-0.15, -0.1) is 11.3 Å². The molecule has 1 aromatic carbocycles. The monoisotopic (exact) mass is 311 g/mol. The third-order valence-electron chi connectivity index (χ3n) is 3.32. The van der Waals surface area contributed by atoms with E-state index in [-0.39, 0.29) is 5.91 Å². The van der Waals surface area contributed by atoms with Crippen LogP contribution in [0.2, 0.25) is 0 Å². The van der Waals surface area contributed by atoms with Gasteiger partial charge in [-0.3, -0.25) is 4.79 Å². The third-order valence-corrected chi connectivity index (χ3v) is 4.17. The molecule has 0 unspecified atom stereocenters. The number of hydrogen-bond donors (Lipinski definition) is 1. The van der Waals surface area contributed by atoms with Crippen molar-refractivity contribution in [3.63, 3.8) is 0 Å². The molecule has 5 heteroatoms. The molecule has 3 aromatic rings. The predicted octanol–water partition coefficient (Wildman–Crippen LogP) is 3.30. The highest BCUT2D eigenvalue weighted by atomic mass is 32.1. The minimum Gasteiger partial charge on any atom is -0.351 e. The largest absolute Gasteiger partial charge is 0.351 e. The van der Waals surface area contributed by atoms with Gasteiger partial charge in [-0.25, -0.2) is 4.98 Å². The first kappa shape index (κ1) is 14.5. The van der Waals surface area contributed by atoms with E-state index in [0.717, 1.165) is 18.0 Å². The Morgan fingerprint density at radius 3 is 2.68 bits per heavy atom. The number of aromatic nitrogens is 2. The van der Waals surface area contributed by atoms with E-state index < -0.39 is 0 Å². The molecular weight excluding hydrogens is 294 g/mol. The van der Waals surface area contributed by atoms with Crippen LogP contribution in [0.3, 0.4) is 0 Å². The van der Waals surface area contributed by atoms with E-state index in [1.54, 1.807) is 5.38 Å². The number of thiazole rings is 1. The van der Waals surface area contributed by atoms with Crippen molar-refractivity contribution in [2.45, 2.75) is 12.8 Å². The molecule has 2 heterocycles. The van der Waals surface area contributed by atoms with Crippen molar-refractivity contribution >= 4 is 17.2 Å². The Bertz CT molecular complexity index is 719. The first-order valence-electron chi connectivity index (χ1n) is 7.24. The SMILES string of the molecule is O=C(NCCCc1ccccc1)c1csc(-n2cccc2)n1. The summed E-state index contributed by atoms with van der Waals surface area (Å²) in [4.78, 5) is 16.4. The summed E-state index contributed by atoms with van der Waals surface area (Å²) in [5.41, 5.74) is 1.77. The molecule has 0 aliphatic rings. The molecule has 22 heavy (non-hydrogen) atoms. The molecular formula is C17H17N3OS. The molecule has 0 bridgehead atoms. The van der Waals surface area contributed by atoms with Crippen LogP contribution in [0.15, 0.2) is 60.2 Å². The number of amides is 1. The van der Waals surface area contributed by atoms with Gasteiger partial charge in [0.2, 0.25) is 0 Å². The van der Waals surface area contributed by atoms with Crippen molar-refractivity contribution < 1.29 is 4.79 Å². The van der Waals surface area contributed by atoms with Crippen LogP contribution in [0.4, 0.5) is 0 Å². The van der Waals surface area contributed by atoms with Crippen molar-refractivity contribution in [2.75, 3.05) is 6.54 Å². The van der Waals surface area contributed by atoms with E-state index in [2.05, 4.69) is 22.4 Å². The lowest BCUT2D eigenvalue weighted by Crippen LogP contribution is -2.25. The van der Waals surface area contributed by atoms with Gasteiger partial charge in [-0.2, -0.15) is 0 Å². The summed E-state index contributed by atoms with van der Waals surface area (Å²) in [6, 6.07) is 14.2. The molecule has 112 valence electrons. The van der Waals surface area contributed by atoms with Crippen molar-refractivity contribution in [1.82, 2.24) is 14.9 Å². The van der Waals surface area contributed by atoms with Crippen LogP contribution < -0.4 is 5.32 Å². The highest BCUT2D eigenvalue weighted by Gasteiger charge is 2.10. The van der Waals surface area contributed by atoms with Crippen LogP contribution in [0.25, 0.3) is 5.13 Å². The van der Waals surface area contributed by atoms with Gasteiger partial charge in [0.1, 0.15) is 5.69 Å². The number of carbonyl (C=O) groups is 1. The van der Waals surface area contributed by atoms with E-state index in [1.807, 2.05) is 47.3 Å². The number of benzene rings is 1. The lowest BCUT2D eigenvalue weighted by molar-refractivity contribution is 0.0949. The van der Waals surface area contributed by atoms with Gasteiger partial charge in [0.15, 0.2) is 5.13 Å². The standard InChI is InChI=1S/C17H17N3OS/c21-16(18-10-6-9-14-7-2-1-3-8-14)15-13-22-17(19-15)20-11-4-5-12-20/h1-5,7-8,11-13H,6,9-10H2,(H,18,21). The smallest absolute Gasteiger partial charge is 0.270 e. The number of nitrogens with one attached hydrogen (secondary N) is 1. The zero-order chi connectivity index (χ0) is 15.2. The second-order valence-electron chi connectivity index (χ2n) is 4.95. The van der Waals surface area contributed by atoms with E-state index in [9.17, 15) is 4.79 Å². The molecule has 0 spiro atoms. The Morgan fingerprint density at radius 1 is 1.14 bits per heavy atom. The van der Waals surface area contributed by atoms with Gasteiger partial charge in [0, 0.05) is 24.3 Å². The predicted molar refractivity (Wildman–Crippen MR) is 88.5 cm³/mol. The minimum atomic E-state index is -0.109. The highest BCUT2D eigenvalue weighted by molar-refractivity contribution is 7.12. The molecule has 0 aliphatic heterocycles. The molecule has 0 saturated heterocycles. The Hall–Kier alpha value is -2.40. The second kappa shape index (κ2) is 7.04. The molecule has 0 aliphatic carbocycles. The maximum Gasteiger partial charge on any atom is 0.270 e. The van der Waals surface area contributed by atoms with Gasteiger partial charge in [-0.05, 0) is 30.5 Å².